The molecule has 0 N–H and O–H groups in total. The largest absolute Gasteiger partial charge is 0.290 e. The minimum Gasteiger partial charge on any atom is -0.290 e. The molecule has 3 aromatic rings. The number of thiazole rings is 1. The Morgan fingerprint density at radius 3 is 2.71 bits per heavy atom. The quantitative estimate of drug-likeness (QED) is 0.630. The molecule has 2 aromatic heterocycles. The topological polar surface area (TPSA) is 17.3 Å². The van der Waals surface area contributed by atoms with E-state index < -0.39 is 0 Å². The molecule has 0 aliphatic carbocycles. The van der Waals surface area contributed by atoms with E-state index in [2.05, 4.69) is 48.4 Å². The molecule has 1 aromatic carbocycles. The van der Waals surface area contributed by atoms with Crippen molar-refractivity contribution in [2.45, 2.75) is 20.8 Å². The van der Waals surface area contributed by atoms with Gasteiger partial charge in [0.05, 0.1) is 5.69 Å². The van der Waals surface area contributed by atoms with Crippen molar-refractivity contribution in [2.24, 2.45) is 0 Å². The van der Waals surface area contributed by atoms with Gasteiger partial charge in [0.2, 0.25) is 0 Å². The van der Waals surface area contributed by atoms with Crippen LogP contribution in [-0.2, 0) is 0 Å². The van der Waals surface area contributed by atoms with Crippen LogP contribution < -0.4 is 0 Å². The summed E-state index contributed by atoms with van der Waals surface area (Å²) in [5.41, 5.74) is 5.21. The van der Waals surface area contributed by atoms with Gasteiger partial charge in [-0.1, -0.05) is 12.1 Å². The van der Waals surface area contributed by atoms with Crippen LogP contribution in [0.2, 0.25) is 0 Å². The molecular formula is C14H14N2S. The molecule has 0 fully saturated rings. The third-order valence-corrected chi connectivity index (χ3v) is 4.19. The van der Waals surface area contributed by atoms with E-state index in [1.165, 1.54) is 27.3 Å². The van der Waals surface area contributed by atoms with Gasteiger partial charge in [0, 0.05) is 17.3 Å². The van der Waals surface area contributed by atoms with Crippen LogP contribution in [0.5, 0.6) is 0 Å². The zero-order valence-electron chi connectivity index (χ0n) is 10.2. The Morgan fingerprint density at radius 2 is 1.94 bits per heavy atom. The summed E-state index contributed by atoms with van der Waals surface area (Å²) >= 11 is 1.74. The van der Waals surface area contributed by atoms with Gasteiger partial charge in [-0.3, -0.25) is 4.40 Å². The smallest absolute Gasteiger partial charge is 0.194 e. The van der Waals surface area contributed by atoms with Crippen LogP contribution >= 0.6 is 11.3 Å². The Labute approximate surface area is 105 Å². The summed E-state index contributed by atoms with van der Waals surface area (Å²) in [6.07, 6.45) is 3.89. The number of imidazole rings is 1. The fourth-order valence-corrected chi connectivity index (χ4v) is 3.07. The number of aryl methyl sites for hydroxylation is 3. The highest BCUT2D eigenvalue weighted by atomic mass is 32.1. The van der Waals surface area contributed by atoms with Crippen LogP contribution in [0.3, 0.4) is 0 Å². The van der Waals surface area contributed by atoms with E-state index in [0.717, 1.165) is 4.96 Å². The lowest BCUT2D eigenvalue weighted by Gasteiger charge is -2.05. The van der Waals surface area contributed by atoms with Gasteiger partial charge in [-0.2, -0.15) is 0 Å². The first kappa shape index (κ1) is 10.5. The average molecular weight is 242 g/mol. The van der Waals surface area contributed by atoms with Gasteiger partial charge in [0.25, 0.3) is 0 Å². The molecule has 0 saturated carbocycles. The van der Waals surface area contributed by atoms with E-state index in [0.29, 0.717) is 0 Å². The van der Waals surface area contributed by atoms with Crippen molar-refractivity contribution < 1.29 is 0 Å². The fourth-order valence-electron chi connectivity index (χ4n) is 2.12. The number of hydrogen-bond donors (Lipinski definition) is 0. The second kappa shape index (κ2) is 3.70. The number of hydrogen-bond acceptors (Lipinski definition) is 2. The molecular weight excluding hydrogens is 228 g/mol. The van der Waals surface area contributed by atoms with Crippen LogP contribution in [0.15, 0.2) is 30.6 Å². The predicted molar refractivity (Wildman–Crippen MR) is 72.7 cm³/mol. The van der Waals surface area contributed by atoms with Gasteiger partial charge in [0.1, 0.15) is 0 Å². The Morgan fingerprint density at radius 1 is 1.12 bits per heavy atom. The molecule has 2 heterocycles. The predicted octanol–water partition coefficient (Wildman–Crippen LogP) is 3.99. The maximum absolute atomic E-state index is 4.35. The van der Waals surface area contributed by atoms with Gasteiger partial charge in [-0.05, 0) is 43.5 Å². The molecule has 0 amide bonds. The minimum absolute atomic E-state index is 1.07. The van der Waals surface area contributed by atoms with E-state index in [1.807, 2.05) is 12.4 Å². The number of nitrogens with zero attached hydrogens (tertiary/aromatic N) is 2. The molecule has 3 rings (SSSR count). The highest BCUT2D eigenvalue weighted by Crippen LogP contribution is 2.31. The van der Waals surface area contributed by atoms with Crippen LogP contribution in [0.4, 0.5) is 0 Å². The third kappa shape index (κ3) is 1.58. The molecule has 0 radical (unpaired) electrons. The minimum atomic E-state index is 1.07. The van der Waals surface area contributed by atoms with E-state index in [-0.39, 0.29) is 0 Å². The molecule has 17 heavy (non-hydrogen) atoms. The van der Waals surface area contributed by atoms with E-state index in [9.17, 15) is 0 Å². The monoisotopic (exact) mass is 242 g/mol. The molecule has 0 aliphatic heterocycles. The molecule has 0 saturated heterocycles. The Kier molecular flexibility index (Phi) is 2.30. The highest BCUT2D eigenvalue weighted by molar-refractivity contribution is 7.17. The standard InChI is InChI=1S/C14H14N2S/c1-9-4-5-12(8-10(9)2)13-11(3)17-14-15-6-7-16(13)14/h4-8H,1-3H3. The summed E-state index contributed by atoms with van der Waals surface area (Å²) in [5, 5.41) is 0. The summed E-state index contributed by atoms with van der Waals surface area (Å²) < 4.78 is 2.17. The normalized spacial score (nSPS) is 11.2. The number of rotatable bonds is 1. The maximum Gasteiger partial charge on any atom is 0.194 e. The van der Waals surface area contributed by atoms with Crippen molar-refractivity contribution in [3.8, 4) is 11.3 Å². The van der Waals surface area contributed by atoms with Crippen LogP contribution in [-0.4, -0.2) is 9.38 Å². The first-order valence-electron chi connectivity index (χ1n) is 5.67. The fraction of sp³-hybridized carbons (Fsp3) is 0.214. The first-order chi connectivity index (χ1) is 8.16. The molecule has 2 nitrogen and oxygen atoms in total. The Bertz CT molecular complexity index is 691. The summed E-state index contributed by atoms with van der Waals surface area (Å²) in [6.45, 7) is 6.46. The summed E-state index contributed by atoms with van der Waals surface area (Å²) in [6, 6.07) is 6.63. The summed E-state index contributed by atoms with van der Waals surface area (Å²) in [7, 11) is 0. The lowest BCUT2D eigenvalue weighted by Crippen LogP contribution is -1.88. The third-order valence-electron chi connectivity index (χ3n) is 3.21. The molecule has 0 bridgehead atoms. The molecule has 0 aliphatic rings. The molecule has 0 unspecified atom stereocenters. The second-order valence-corrected chi connectivity index (χ2v) is 5.57. The summed E-state index contributed by atoms with van der Waals surface area (Å²) in [5.74, 6) is 0. The van der Waals surface area contributed by atoms with Crippen LogP contribution in [0, 0.1) is 20.8 Å². The van der Waals surface area contributed by atoms with Gasteiger partial charge >= 0.3 is 0 Å². The van der Waals surface area contributed by atoms with Gasteiger partial charge < -0.3 is 0 Å². The molecule has 3 heteroatoms. The first-order valence-corrected chi connectivity index (χ1v) is 6.48. The van der Waals surface area contributed by atoms with Crippen LogP contribution in [0.25, 0.3) is 16.2 Å². The van der Waals surface area contributed by atoms with Crippen molar-refractivity contribution in [3.63, 3.8) is 0 Å². The van der Waals surface area contributed by atoms with E-state index >= 15 is 0 Å². The average Bonchev–Trinajstić information content (AvgIpc) is 2.82. The second-order valence-electron chi connectivity index (χ2n) is 4.39. The summed E-state index contributed by atoms with van der Waals surface area (Å²) in [4.78, 5) is 6.73. The molecule has 86 valence electrons. The van der Waals surface area contributed by atoms with Crippen LogP contribution in [0.1, 0.15) is 16.0 Å². The van der Waals surface area contributed by atoms with E-state index in [1.54, 1.807) is 11.3 Å². The van der Waals surface area contributed by atoms with Gasteiger partial charge in [-0.25, -0.2) is 4.98 Å². The van der Waals surface area contributed by atoms with Gasteiger partial charge in [0.15, 0.2) is 4.96 Å². The maximum atomic E-state index is 4.35. The van der Waals surface area contributed by atoms with E-state index in [4.69, 9.17) is 0 Å². The number of aromatic nitrogens is 2. The lowest BCUT2D eigenvalue weighted by molar-refractivity contribution is 1.21. The number of benzene rings is 1. The Hall–Kier alpha value is -1.61. The lowest BCUT2D eigenvalue weighted by atomic mass is 10.0. The van der Waals surface area contributed by atoms with Crippen molar-refractivity contribution in [1.82, 2.24) is 9.38 Å². The van der Waals surface area contributed by atoms with Crippen molar-refractivity contribution in [1.29, 1.82) is 0 Å². The van der Waals surface area contributed by atoms with Gasteiger partial charge in [-0.15, -0.1) is 11.3 Å². The zero-order chi connectivity index (χ0) is 12.0. The Balaban J connectivity index is 2.29. The zero-order valence-corrected chi connectivity index (χ0v) is 11.0. The molecule has 0 spiro atoms. The highest BCUT2D eigenvalue weighted by Gasteiger charge is 2.11. The SMILES string of the molecule is Cc1ccc(-c2c(C)sc3nccn23)cc1C. The molecule has 0 atom stereocenters. The van der Waals surface area contributed by atoms with Crippen molar-refractivity contribution in [3.05, 3.63) is 46.6 Å². The number of fused-ring (bicyclic) bond motifs is 1. The van der Waals surface area contributed by atoms with Crippen molar-refractivity contribution in [2.75, 3.05) is 0 Å². The van der Waals surface area contributed by atoms with Crippen molar-refractivity contribution >= 4 is 16.3 Å².